The maximum atomic E-state index is 13.3. The number of halogens is 2. The van der Waals surface area contributed by atoms with Gasteiger partial charge in [0.05, 0.1) is 5.69 Å². The number of carbonyl (C=O) groups excluding carboxylic acids is 1. The van der Waals surface area contributed by atoms with Crippen LogP contribution in [0.4, 0.5) is 20.7 Å². The Morgan fingerprint density at radius 3 is 2.55 bits per heavy atom. The summed E-state index contributed by atoms with van der Waals surface area (Å²) in [6.07, 6.45) is 0.679. The number of urea groups is 1. The number of carbonyl (C=O) groups is 1. The van der Waals surface area contributed by atoms with Gasteiger partial charge in [-0.25, -0.2) is 13.9 Å². The molecule has 0 saturated heterocycles. The fourth-order valence-corrected chi connectivity index (χ4v) is 2.85. The minimum absolute atomic E-state index is 0.216. The number of nitrogen functional groups attached to an aromatic ring is 1. The van der Waals surface area contributed by atoms with Crippen LogP contribution >= 0.6 is 11.6 Å². The maximum absolute atomic E-state index is 13.3. The first-order valence-corrected chi connectivity index (χ1v) is 9.31. The molecular weight excluding hydrogens is 397 g/mol. The number of nitrogens with one attached hydrogen (secondary N) is 2. The van der Waals surface area contributed by atoms with Gasteiger partial charge >= 0.3 is 6.03 Å². The summed E-state index contributed by atoms with van der Waals surface area (Å²) in [5, 5.41) is 10.6. The van der Waals surface area contributed by atoms with Crippen LogP contribution in [0, 0.1) is 5.82 Å². The molecule has 0 radical (unpaired) electrons. The van der Waals surface area contributed by atoms with Crippen LogP contribution in [-0.2, 0) is 4.74 Å². The zero-order valence-corrected chi connectivity index (χ0v) is 16.5. The first-order valence-electron chi connectivity index (χ1n) is 8.93. The zero-order chi connectivity index (χ0) is 20.8. The summed E-state index contributed by atoms with van der Waals surface area (Å²) in [6.45, 7) is 0.989. The Morgan fingerprint density at radius 1 is 1.21 bits per heavy atom. The van der Waals surface area contributed by atoms with Crippen molar-refractivity contribution < 1.29 is 13.9 Å². The molecule has 0 unspecified atom stereocenters. The van der Waals surface area contributed by atoms with Crippen molar-refractivity contribution in [1.29, 1.82) is 0 Å². The lowest BCUT2D eigenvalue weighted by Gasteiger charge is -2.09. The fourth-order valence-electron chi connectivity index (χ4n) is 2.72. The summed E-state index contributed by atoms with van der Waals surface area (Å²) in [5.41, 5.74) is 8.38. The van der Waals surface area contributed by atoms with E-state index in [0.717, 1.165) is 5.56 Å². The van der Waals surface area contributed by atoms with Crippen molar-refractivity contribution >= 4 is 29.1 Å². The molecule has 1 aromatic heterocycles. The van der Waals surface area contributed by atoms with E-state index in [1.807, 2.05) is 0 Å². The van der Waals surface area contributed by atoms with E-state index in [4.69, 9.17) is 22.1 Å². The maximum Gasteiger partial charge on any atom is 0.319 e. The molecule has 0 bridgehead atoms. The largest absolute Gasteiger partial charge is 0.385 e. The second kappa shape index (κ2) is 9.40. The van der Waals surface area contributed by atoms with E-state index in [2.05, 4.69) is 15.7 Å². The Bertz CT molecular complexity index is 974. The van der Waals surface area contributed by atoms with Gasteiger partial charge in [0, 0.05) is 30.8 Å². The Labute approximate surface area is 172 Å². The molecule has 3 aromatic rings. The number of rotatable bonds is 7. The van der Waals surface area contributed by atoms with Gasteiger partial charge in [0.2, 0.25) is 0 Å². The van der Waals surface area contributed by atoms with Crippen LogP contribution in [-0.4, -0.2) is 36.1 Å². The number of methoxy groups -OCH3 is 1. The number of ether oxygens (including phenoxy) is 1. The van der Waals surface area contributed by atoms with Crippen molar-refractivity contribution in [2.45, 2.75) is 6.42 Å². The molecule has 0 saturated carbocycles. The van der Waals surface area contributed by atoms with E-state index in [9.17, 15) is 9.18 Å². The molecule has 4 N–H and O–H groups in total. The second-order valence-electron chi connectivity index (χ2n) is 6.23. The van der Waals surface area contributed by atoms with Crippen LogP contribution < -0.4 is 16.4 Å². The SMILES string of the molecule is COCCCNC(=O)Nc1c(-c2ccc(Cl)cc2)nn(-c2ccc(F)cc2)c1N. The molecule has 152 valence electrons. The number of hydrogen-bond acceptors (Lipinski definition) is 4. The third-order valence-corrected chi connectivity index (χ3v) is 4.41. The fraction of sp³-hybridized carbons (Fsp3) is 0.200. The summed E-state index contributed by atoms with van der Waals surface area (Å²) in [5.74, 6) is -0.153. The molecule has 1 heterocycles. The van der Waals surface area contributed by atoms with E-state index in [1.165, 1.54) is 16.8 Å². The Kier molecular flexibility index (Phi) is 6.69. The Balaban J connectivity index is 1.94. The lowest BCUT2D eigenvalue weighted by molar-refractivity contribution is 0.194. The molecule has 0 spiro atoms. The molecule has 3 rings (SSSR count). The molecule has 0 aliphatic carbocycles. The number of nitrogens with two attached hydrogens (primary N) is 1. The van der Waals surface area contributed by atoms with Crippen molar-refractivity contribution in [2.24, 2.45) is 0 Å². The molecule has 0 aliphatic heterocycles. The highest BCUT2D eigenvalue weighted by molar-refractivity contribution is 6.30. The molecule has 9 heteroatoms. The van der Waals surface area contributed by atoms with Gasteiger partial charge in [0.25, 0.3) is 0 Å². The van der Waals surface area contributed by atoms with Crippen LogP contribution in [0.2, 0.25) is 5.02 Å². The topological polar surface area (TPSA) is 94.2 Å². The summed E-state index contributed by atoms with van der Waals surface area (Å²) in [6, 6.07) is 12.3. The molecule has 2 amide bonds. The molecule has 2 aromatic carbocycles. The van der Waals surface area contributed by atoms with Crippen LogP contribution in [0.3, 0.4) is 0 Å². The van der Waals surface area contributed by atoms with Gasteiger partial charge in [0.1, 0.15) is 17.2 Å². The Morgan fingerprint density at radius 2 is 1.90 bits per heavy atom. The van der Waals surface area contributed by atoms with Crippen molar-refractivity contribution in [3.63, 3.8) is 0 Å². The summed E-state index contributed by atoms with van der Waals surface area (Å²) in [4.78, 5) is 12.3. The quantitative estimate of drug-likeness (QED) is 0.505. The molecule has 0 atom stereocenters. The molecule has 0 aliphatic rings. The van der Waals surface area contributed by atoms with Gasteiger partial charge in [-0.3, -0.25) is 0 Å². The van der Waals surface area contributed by atoms with Gasteiger partial charge in [-0.2, -0.15) is 5.10 Å². The van der Waals surface area contributed by atoms with Gasteiger partial charge < -0.3 is 21.1 Å². The minimum Gasteiger partial charge on any atom is -0.385 e. The van der Waals surface area contributed by atoms with Crippen LogP contribution in [0.5, 0.6) is 0 Å². The predicted molar refractivity (Wildman–Crippen MR) is 112 cm³/mol. The standard InChI is InChI=1S/C20H21ClFN5O2/c1-29-12-2-11-24-20(28)25-18-17(13-3-5-14(21)6-4-13)26-27(19(18)23)16-9-7-15(22)8-10-16/h3-10H,2,11-12,23H2,1H3,(H2,24,25,28). The highest BCUT2D eigenvalue weighted by atomic mass is 35.5. The molecule has 29 heavy (non-hydrogen) atoms. The first-order chi connectivity index (χ1) is 14.0. The average molecular weight is 418 g/mol. The normalized spacial score (nSPS) is 10.7. The minimum atomic E-state index is -0.415. The van der Waals surface area contributed by atoms with Crippen LogP contribution in [0.15, 0.2) is 48.5 Å². The van der Waals surface area contributed by atoms with Crippen LogP contribution in [0.25, 0.3) is 16.9 Å². The molecular formula is C20H21ClFN5O2. The van der Waals surface area contributed by atoms with Gasteiger partial charge in [-0.1, -0.05) is 23.7 Å². The zero-order valence-electron chi connectivity index (χ0n) is 15.8. The van der Waals surface area contributed by atoms with Gasteiger partial charge in [0.15, 0.2) is 5.82 Å². The van der Waals surface area contributed by atoms with Gasteiger partial charge in [-0.05, 0) is 42.8 Å². The van der Waals surface area contributed by atoms with E-state index >= 15 is 0 Å². The molecule has 0 fully saturated rings. The number of nitrogens with zero attached hydrogens (tertiary/aromatic N) is 2. The monoisotopic (exact) mass is 417 g/mol. The summed E-state index contributed by atoms with van der Waals surface area (Å²) in [7, 11) is 1.60. The Hall–Kier alpha value is -3.10. The smallest absolute Gasteiger partial charge is 0.319 e. The van der Waals surface area contributed by atoms with E-state index in [0.29, 0.717) is 41.7 Å². The van der Waals surface area contributed by atoms with Crippen molar-refractivity contribution in [1.82, 2.24) is 15.1 Å². The average Bonchev–Trinajstić information content (AvgIpc) is 3.03. The summed E-state index contributed by atoms with van der Waals surface area (Å²) < 4.78 is 19.7. The number of anilines is 2. The van der Waals surface area contributed by atoms with Crippen LogP contribution in [0.1, 0.15) is 6.42 Å². The number of benzene rings is 2. The lowest BCUT2D eigenvalue weighted by atomic mass is 10.1. The third-order valence-electron chi connectivity index (χ3n) is 4.16. The highest BCUT2D eigenvalue weighted by Crippen LogP contribution is 2.34. The molecule has 7 nitrogen and oxygen atoms in total. The number of hydrogen-bond donors (Lipinski definition) is 3. The van der Waals surface area contributed by atoms with Gasteiger partial charge in [-0.15, -0.1) is 0 Å². The first kappa shape index (κ1) is 20.6. The van der Waals surface area contributed by atoms with E-state index in [1.54, 1.807) is 43.5 Å². The van der Waals surface area contributed by atoms with E-state index < -0.39 is 6.03 Å². The van der Waals surface area contributed by atoms with Crippen molar-refractivity contribution in [3.8, 4) is 16.9 Å². The number of amides is 2. The third kappa shape index (κ3) is 5.04. The number of aromatic nitrogens is 2. The van der Waals surface area contributed by atoms with Crippen molar-refractivity contribution in [2.75, 3.05) is 31.3 Å². The van der Waals surface area contributed by atoms with Crippen molar-refractivity contribution in [3.05, 3.63) is 59.4 Å². The predicted octanol–water partition coefficient (Wildman–Crippen LogP) is 4.07. The second-order valence-corrected chi connectivity index (χ2v) is 6.67. The summed E-state index contributed by atoms with van der Waals surface area (Å²) >= 11 is 5.98. The van der Waals surface area contributed by atoms with E-state index in [-0.39, 0.29) is 11.6 Å². The lowest BCUT2D eigenvalue weighted by Crippen LogP contribution is -2.30. The highest BCUT2D eigenvalue weighted by Gasteiger charge is 2.20.